The van der Waals surface area contributed by atoms with Gasteiger partial charge in [-0.2, -0.15) is 0 Å². The monoisotopic (exact) mass is 306 g/mol. The molecule has 4 heteroatoms. The summed E-state index contributed by atoms with van der Waals surface area (Å²) in [5.74, 6) is 0.917. The fraction of sp³-hybridized carbons (Fsp3) is 0.286. The van der Waals surface area contributed by atoms with Gasteiger partial charge in [0.15, 0.2) is 5.78 Å². The van der Waals surface area contributed by atoms with Crippen molar-refractivity contribution in [2.75, 3.05) is 0 Å². The van der Waals surface area contributed by atoms with Gasteiger partial charge in [-0.15, -0.1) is 0 Å². The molecule has 2 rings (SSSR count). The van der Waals surface area contributed by atoms with Crippen LogP contribution in [0.4, 0.5) is 0 Å². The molecular weight excluding hydrogens is 292 g/mol. The second-order valence-electron chi connectivity index (χ2n) is 4.25. The van der Waals surface area contributed by atoms with Crippen molar-refractivity contribution in [1.82, 2.24) is 9.55 Å². The minimum atomic E-state index is 0.0975. The lowest BCUT2D eigenvalue weighted by Gasteiger charge is -2.05. The Morgan fingerprint density at radius 2 is 2.17 bits per heavy atom. The van der Waals surface area contributed by atoms with Crippen molar-refractivity contribution in [2.24, 2.45) is 0 Å². The first-order valence-electron chi connectivity index (χ1n) is 5.90. The van der Waals surface area contributed by atoms with E-state index in [0.29, 0.717) is 6.42 Å². The Morgan fingerprint density at radius 3 is 2.83 bits per heavy atom. The molecule has 94 valence electrons. The van der Waals surface area contributed by atoms with Gasteiger partial charge in [0.2, 0.25) is 0 Å². The molecule has 0 fully saturated rings. The molecule has 1 aromatic carbocycles. The normalized spacial score (nSPS) is 10.6. The van der Waals surface area contributed by atoms with Crippen LogP contribution in [0, 0.1) is 6.92 Å². The second-order valence-corrected chi connectivity index (χ2v) is 5.16. The molecule has 0 saturated heterocycles. The summed E-state index contributed by atoms with van der Waals surface area (Å²) in [5.41, 5.74) is 1.80. The van der Waals surface area contributed by atoms with Crippen LogP contribution in [-0.2, 0) is 13.0 Å². The summed E-state index contributed by atoms with van der Waals surface area (Å²) >= 11 is 3.41. The summed E-state index contributed by atoms with van der Waals surface area (Å²) in [7, 11) is 0. The van der Waals surface area contributed by atoms with Gasteiger partial charge >= 0.3 is 0 Å². The summed E-state index contributed by atoms with van der Waals surface area (Å²) in [6.45, 7) is 4.85. The molecule has 0 aliphatic heterocycles. The Morgan fingerprint density at radius 1 is 1.39 bits per heavy atom. The third kappa shape index (κ3) is 2.88. The Balaban J connectivity index is 2.22. The third-order valence-corrected chi connectivity index (χ3v) is 3.28. The van der Waals surface area contributed by atoms with E-state index in [1.54, 1.807) is 6.20 Å². The number of aryl methyl sites for hydroxylation is 2. The van der Waals surface area contributed by atoms with Crippen molar-refractivity contribution < 1.29 is 4.79 Å². The van der Waals surface area contributed by atoms with E-state index in [1.165, 1.54) is 0 Å². The van der Waals surface area contributed by atoms with Crippen LogP contribution < -0.4 is 0 Å². The quantitative estimate of drug-likeness (QED) is 0.812. The van der Waals surface area contributed by atoms with Gasteiger partial charge in [0, 0.05) is 29.0 Å². The van der Waals surface area contributed by atoms with Crippen LogP contribution in [0.3, 0.4) is 0 Å². The van der Waals surface area contributed by atoms with Gasteiger partial charge in [0.1, 0.15) is 5.82 Å². The van der Waals surface area contributed by atoms with Gasteiger partial charge in [-0.3, -0.25) is 4.79 Å². The van der Waals surface area contributed by atoms with Gasteiger partial charge in [-0.25, -0.2) is 4.98 Å². The number of hydrogen-bond donors (Lipinski definition) is 0. The summed E-state index contributed by atoms with van der Waals surface area (Å²) in [4.78, 5) is 16.4. The van der Waals surface area contributed by atoms with Crippen molar-refractivity contribution in [2.45, 2.75) is 26.8 Å². The van der Waals surface area contributed by atoms with Crippen molar-refractivity contribution in [3.05, 3.63) is 52.0 Å². The van der Waals surface area contributed by atoms with Crippen LogP contribution in [0.2, 0.25) is 0 Å². The number of rotatable bonds is 4. The zero-order valence-corrected chi connectivity index (χ0v) is 12.1. The van der Waals surface area contributed by atoms with Crippen LogP contribution in [0.25, 0.3) is 0 Å². The number of carbonyl (C=O) groups is 1. The molecule has 2 aromatic rings. The van der Waals surface area contributed by atoms with Gasteiger partial charge in [0.05, 0.1) is 6.42 Å². The highest BCUT2D eigenvalue weighted by Gasteiger charge is 2.11. The fourth-order valence-corrected chi connectivity index (χ4v) is 2.55. The smallest absolute Gasteiger partial charge is 0.170 e. The molecule has 18 heavy (non-hydrogen) atoms. The minimum absolute atomic E-state index is 0.0975. The predicted molar refractivity (Wildman–Crippen MR) is 74.8 cm³/mol. The number of Topliss-reactive ketones (excluding diaryl/α,β-unsaturated/α-hetero) is 1. The average molecular weight is 307 g/mol. The second kappa shape index (κ2) is 5.48. The van der Waals surface area contributed by atoms with Gasteiger partial charge in [-0.05, 0) is 37.6 Å². The SMILES string of the molecule is CCn1ccnc1CC(=O)c1cc(C)cc(Br)c1. The van der Waals surface area contributed by atoms with E-state index in [9.17, 15) is 4.79 Å². The van der Waals surface area contributed by atoms with Crippen molar-refractivity contribution in [3.63, 3.8) is 0 Å². The number of halogens is 1. The molecule has 1 heterocycles. The highest BCUT2D eigenvalue weighted by molar-refractivity contribution is 9.10. The van der Waals surface area contributed by atoms with Crippen LogP contribution in [0.5, 0.6) is 0 Å². The summed E-state index contributed by atoms with van der Waals surface area (Å²) in [6.07, 6.45) is 3.98. The first-order chi connectivity index (χ1) is 8.60. The summed E-state index contributed by atoms with van der Waals surface area (Å²) in [5, 5.41) is 0. The third-order valence-electron chi connectivity index (χ3n) is 2.83. The molecule has 0 bridgehead atoms. The van der Waals surface area contributed by atoms with Gasteiger partial charge < -0.3 is 4.57 Å². The average Bonchev–Trinajstić information content (AvgIpc) is 2.75. The molecule has 0 spiro atoms. The van der Waals surface area contributed by atoms with Gasteiger partial charge in [0.25, 0.3) is 0 Å². The zero-order valence-electron chi connectivity index (χ0n) is 10.5. The molecule has 0 aliphatic carbocycles. The molecule has 0 radical (unpaired) electrons. The topological polar surface area (TPSA) is 34.9 Å². The van der Waals surface area contributed by atoms with E-state index in [-0.39, 0.29) is 5.78 Å². The number of imidazole rings is 1. The Bertz CT molecular complexity index is 555. The Kier molecular flexibility index (Phi) is 3.97. The van der Waals surface area contributed by atoms with E-state index in [0.717, 1.165) is 28.0 Å². The highest BCUT2D eigenvalue weighted by Crippen LogP contribution is 2.17. The number of nitrogens with zero attached hydrogens (tertiary/aromatic N) is 2. The number of benzene rings is 1. The number of aromatic nitrogens is 2. The number of ketones is 1. The van der Waals surface area contributed by atoms with E-state index < -0.39 is 0 Å². The zero-order chi connectivity index (χ0) is 13.1. The standard InChI is InChI=1S/C14H15BrN2O/c1-3-17-5-4-16-14(17)9-13(18)11-6-10(2)7-12(15)8-11/h4-8H,3,9H2,1-2H3. The van der Waals surface area contributed by atoms with E-state index in [1.807, 2.05) is 42.8 Å². The maximum absolute atomic E-state index is 12.2. The Labute approximate surface area is 115 Å². The van der Waals surface area contributed by atoms with Crippen LogP contribution in [0.15, 0.2) is 35.1 Å². The molecule has 0 aliphatic rings. The molecule has 0 N–H and O–H groups in total. The van der Waals surface area contributed by atoms with Gasteiger partial charge in [-0.1, -0.05) is 15.9 Å². The largest absolute Gasteiger partial charge is 0.335 e. The van der Waals surface area contributed by atoms with Crippen LogP contribution >= 0.6 is 15.9 Å². The van der Waals surface area contributed by atoms with E-state index in [2.05, 4.69) is 20.9 Å². The molecule has 0 amide bonds. The first-order valence-corrected chi connectivity index (χ1v) is 6.70. The molecule has 1 aromatic heterocycles. The first kappa shape index (κ1) is 13.0. The van der Waals surface area contributed by atoms with E-state index in [4.69, 9.17) is 0 Å². The summed E-state index contributed by atoms with van der Waals surface area (Å²) < 4.78 is 2.92. The minimum Gasteiger partial charge on any atom is -0.335 e. The lowest BCUT2D eigenvalue weighted by atomic mass is 10.1. The molecule has 0 saturated carbocycles. The van der Waals surface area contributed by atoms with Crippen LogP contribution in [-0.4, -0.2) is 15.3 Å². The molecule has 3 nitrogen and oxygen atoms in total. The predicted octanol–water partition coefficient (Wildman–Crippen LogP) is 3.40. The van der Waals surface area contributed by atoms with Crippen LogP contribution in [0.1, 0.15) is 28.7 Å². The maximum Gasteiger partial charge on any atom is 0.170 e. The number of carbonyl (C=O) groups excluding carboxylic acids is 1. The lowest BCUT2D eigenvalue weighted by Crippen LogP contribution is -2.09. The maximum atomic E-state index is 12.2. The fourth-order valence-electron chi connectivity index (χ4n) is 1.94. The number of hydrogen-bond acceptors (Lipinski definition) is 2. The summed E-state index contributed by atoms with van der Waals surface area (Å²) in [6, 6.07) is 5.75. The lowest BCUT2D eigenvalue weighted by molar-refractivity contribution is 0.0989. The van der Waals surface area contributed by atoms with Crippen molar-refractivity contribution in [3.8, 4) is 0 Å². The molecule has 0 atom stereocenters. The molecule has 0 unspecified atom stereocenters. The van der Waals surface area contributed by atoms with Crippen molar-refractivity contribution >= 4 is 21.7 Å². The van der Waals surface area contributed by atoms with Crippen molar-refractivity contribution in [1.29, 1.82) is 0 Å². The molecular formula is C14H15BrN2O. The van der Waals surface area contributed by atoms with E-state index >= 15 is 0 Å². The highest BCUT2D eigenvalue weighted by atomic mass is 79.9. The Hall–Kier alpha value is -1.42.